The van der Waals surface area contributed by atoms with Crippen LogP contribution in [-0.2, 0) is 6.42 Å². The lowest BCUT2D eigenvalue weighted by Gasteiger charge is -2.32. The van der Waals surface area contributed by atoms with E-state index in [1.54, 1.807) is 0 Å². The van der Waals surface area contributed by atoms with Crippen LogP contribution in [0.25, 0.3) is 0 Å². The first kappa shape index (κ1) is 19.3. The van der Waals surface area contributed by atoms with E-state index in [-0.39, 0.29) is 6.10 Å². The van der Waals surface area contributed by atoms with Gasteiger partial charge in [-0.05, 0) is 67.4 Å². The van der Waals surface area contributed by atoms with E-state index < -0.39 is 0 Å². The van der Waals surface area contributed by atoms with Crippen LogP contribution in [0.3, 0.4) is 0 Å². The summed E-state index contributed by atoms with van der Waals surface area (Å²) in [5, 5.41) is 0. The van der Waals surface area contributed by atoms with E-state index in [0.717, 1.165) is 36.3 Å². The fourth-order valence-electron chi connectivity index (χ4n) is 5.23. The molecular formula is C27H34O. The van der Waals surface area contributed by atoms with Crippen molar-refractivity contribution in [1.82, 2.24) is 0 Å². The third-order valence-electron chi connectivity index (χ3n) is 6.96. The summed E-state index contributed by atoms with van der Waals surface area (Å²) in [6, 6.07) is 8.46. The molecule has 0 saturated carbocycles. The summed E-state index contributed by atoms with van der Waals surface area (Å²) in [6.45, 7) is 6.27. The van der Waals surface area contributed by atoms with E-state index in [0.29, 0.717) is 5.92 Å². The van der Waals surface area contributed by atoms with Crippen LogP contribution < -0.4 is 4.74 Å². The average molecular weight is 375 g/mol. The normalized spacial score (nSPS) is 32.0. The molecule has 0 amide bonds. The van der Waals surface area contributed by atoms with Gasteiger partial charge >= 0.3 is 0 Å². The van der Waals surface area contributed by atoms with Gasteiger partial charge in [-0.15, -0.1) is 0 Å². The van der Waals surface area contributed by atoms with E-state index in [1.165, 1.54) is 43.2 Å². The van der Waals surface area contributed by atoms with Crippen molar-refractivity contribution in [3.05, 3.63) is 78.4 Å². The second-order valence-electron chi connectivity index (χ2n) is 8.76. The number of hydrogen-bond acceptors (Lipinski definition) is 1. The quantitative estimate of drug-likeness (QED) is 0.382. The van der Waals surface area contributed by atoms with Gasteiger partial charge in [0.25, 0.3) is 0 Å². The Balaban J connectivity index is 1.37. The molecule has 1 heterocycles. The number of ether oxygens (including phenoxy) is 1. The maximum Gasteiger partial charge on any atom is 0.123 e. The topological polar surface area (TPSA) is 9.23 Å². The molecule has 0 N–H and O–H groups in total. The van der Waals surface area contributed by atoms with Crippen molar-refractivity contribution in [1.29, 1.82) is 0 Å². The summed E-state index contributed by atoms with van der Waals surface area (Å²) in [5.41, 5.74) is 2.83. The SMILES string of the molecule is C=C/C=C(\CC1Cc2ccccc2O1)C1C=CC([C@@H]2C=C[C@H](CC)CC2)CC1. The monoisotopic (exact) mass is 374 g/mol. The fraction of sp³-hybridized carbons (Fsp3) is 0.481. The number of para-hydroxylation sites is 1. The predicted octanol–water partition coefficient (Wildman–Crippen LogP) is 7.07. The zero-order chi connectivity index (χ0) is 19.3. The Morgan fingerprint density at radius 2 is 1.82 bits per heavy atom. The second-order valence-corrected chi connectivity index (χ2v) is 8.76. The largest absolute Gasteiger partial charge is 0.489 e. The maximum absolute atomic E-state index is 6.20. The molecule has 1 aliphatic heterocycles. The van der Waals surface area contributed by atoms with Gasteiger partial charge in [0.2, 0.25) is 0 Å². The zero-order valence-corrected chi connectivity index (χ0v) is 17.2. The van der Waals surface area contributed by atoms with E-state index >= 15 is 0 Å². The highest BCUT2D eigenvalue weighted by Gasteiger charge is 2.28. The summed E-state index contributed by atoms with van der Waals surface area (Å²) in [4.78, 5) is 0. The van der Waals surface area contributed by atoms with E-state index in [1.807, 2.05) is 6.08 Å². The Morgan fingerprint density at radius 1 is 1.04 bits per heavy atom. The first-order chi connectivity index (χ1) is 13.8. The minimum Gasteiger partial charge on any atom is -0.489 e. The molecule has 3 unspecified atom stereocenters. The summed E-state index contributed by atoms with van der Waals surface area (Å²) in [5.74, 6) is 3.90. The van der Waals surface area contributed by atoms with Crippen molar-refractivity contribution in [2.75, 3.05) is 0 Å². The second kappa shape index (κ2) is 8.99. The Labute approximate surface area is 170 Å². The molecule has 0 bridgehead atoms. The summed E-state index contributed by atoms with van der Waals surface area (Å²) in [6.07, 6.45) is 23.0. The number of hydrogen-bond donors (Lipinski definition) is 0. The van der Waals surface area contributed by atoms with Gasteiger partial charge in [-0.3, -0.25) is 0 Å². The number of benzene rings is 1. The Morgan fingerprint density at radius 3 is 2.46 bits per heavy atom. The van der Waals surface area contributed by atoms with Crippen molar-refractivity contribution in [3.8, 4) is 5.75 Å². The van der Waals surface area contributed by atoms with Crippen LogP contribution in [0.4, 0.5) is 0 Å². The van der Waals surface area contributed by atoms with Crippen molar-refractivity contribution >= 4 is 0 Å². The summed E-state index contributed by atoms with van der Waals surface area (Å²) >= 11 is 0. The molecule has 1 heteroatoms. The van der Waals surface area contributed by atoms with E-state index in [2.05, 4.69) is 68.1 Å². The van der Waals surface area contributed by atoms with E-state index in [4.69, 9.17) is 4.74 Å². The Kier molecular flexibility index (Phi) is 6.20. The zero-order valence-electron chi connectivity index (χ0n) is 17.2. The van der Waals surface area contributed by atoms with Gasteiger partial charge in [0.15, 0.2) is 0 Å². The maximum atomic E-state index is 6.20. The standard InChI is InChI=1S/C27H34O/c1-3-7-24(18-26-19-25-8-5-6-9-27(25)28-26)23-16-14-22(15-17-23)21-12-10-20(4-2)11-13-21/h3,5-10,12,14,16,20-23,26H,1,4,11,13,15,17-19H2,2H3/b24-7+/t20-,21+,22?,23?,26?/m0/s1. The molecule has 0 spiro atoms. The first-order valence-electron chi connectivity index (χ1n) is 11.2. The van der Waals surface area contributed by atoms with Crippen LogP contribution in [-0.4, -0.2) is 6.10 Å². The molecule has 1 nitrogen and oxygen atoms in total. The molecule has 0 aromatic heterocycles. The van der Waals surface area contributed by atoms with Crippen LogP contribution in [0.5, 0.6) is 5.75 Å². The molecule has 1 aromatic rings. The molecule has 5 atom stereocenters. The van der Waals surface area contributed by atoms with E-state index in [9.17, 15) is 0 Å². The van der Waals surface area contributed by atoms with Gasteiger partial charge < -0.3 is 4.74 Å². The smallest absolute Gasteiger partial charge is 0.123 e. The lowest BCUT2D eigenvalue weighted by Crippen LogP contribution is -2.22. The average Bonchev–Trinajstić information content (AvgIpc) is 3.16. The molecule has 4 rings (SSSR count). The van der Waals surface area contributed by atoms with Gasteiger partial charge in [-0.1, -0.05) is 73.7 Å². The minimum atomic E-state index is 0.266. The third-order valence-corrected chi connectivity index (χ3v) is 6.96. The number of allylic oxidation sites excluding steroid dienone is 6. The highest BCUT2D eigenvalue weighted by Crippen LogP contribution is 2.39. The first-order valence-corrected chi connectivity index (χ1v) is 11.2. The van der Waals surface area contributed by atoms with Gasteiger partial charge in [-0.25, -0.2) is 0 Å². The van der Waals surface area contributed by atoms with Crippen molar-refractivity contribution in [3.63, 3.8) is 0 Å². The summed E-state index contributed by atoms with van der Waals surface area (Å²) < 4.78 is 6.20. The summed E-state index contributed by atoms with van der Waals surface area (Å²) in [7, 11) is 0. The molecular weight excluding hydrogens is 340 g/mol. The molecule has 2 aliphatic carbocycles. The molecule has 0 fully saturated rings. The van der Waals surface area contributed by atoms with Crippen LogP contribution in [0.1, 0.15) is 51.0 Å². The Hall–Kier alpha value is -2.02. The van der Waals surface area contributed by atoms with Crippen LogP contribution in [0.2, 0.25) is 0 Å². The molecule has 1 aromatic carbocycles. The Bertz CT molecular complexity index is 743. The van der Waals surface area contributed by atoms with Gasteiger partial charge in [0.1, 0.15) is 11.9 Å². The molecule has 0 saturated heterocycles. The highest BCUT2D eigenvalue weighted by atomic mass is 16.5. The van der Waals surface area contributed by atoms with Crippen molar-refractivity contribution < 1.29 is 4.74 Å². The molecule has 148 valence electrons. The van der Waals surface area contributed by atoms with Crippen molar-refractivity contribution in [2.45, 2.75) is 58.0 Å². The minimum absolute atomic E-state index is 0.266. The predicted molar refractivity (Wildman–Crippen MR) is 118 cm³/mol. The van der Waals surface area contributed by atoms with Crippen LogP contribution >= 0.6 is 0 Å². The number of fused-ring (bicyclic) bond motifs is 1. The van der Waals surface area contributed by atoms with Crippen LogP contribution in [0.15, 0.2) is 72.9 Å². The van der Waals surface area contributed by atoms with Crippen LogP contribution in [0, 0.1) is 23.7 Å². The van der Waals surface area contributed by atoms with Gasteiger partial charge in [-0.2, -0.15) is 0 Å². The lowest BCUT2D eigenvalue weighted by molar-refractivity contribution is 0.228. The number of rotatable bonds is 6. The van der Waals surface area contributed by atoms with Gasteiger partial charge in [0, 0.05) is 12.8 Å². The lowest BCUT2D eigenvalue weighted by atomic mass is 9.73. The fourth-order valence-corrected chi connectivity index (χ4v) is 5.23. The van der Waals surface area contributed by atoms with Gasteiger partial charge in [0.05, 0.1) is 0 Å². The third kappa shape index (κ3) is 4.35. The molecule has 28 heavy (non-hydrogen) atoms. The molecule has 0 radical (unpaired) electrons. The highest BCUT2D eigenvalue weighted by molar-refractivity contribution is 5.38. The molecule has 3 aliphatic rings. The van der Waals surface area contributed by atoms with Crippen molar-refractivity contribution in [2.24, 2.45) is 23.7 Å².